The maximum Gasteiger partial charge on any atom is 0.271 e. The van der Waals surface area contributed by atoms with Gasteiger partial charge in [-0.1, -0.05) is 18.2 Å². The van der Waals surface area contributed by atoms with Gasteiger partial charge in [0.25, 0.3) is 5.56 Å². The number of para-hydroxylation sites is 1. The van der Waals surface area contributed by atoms with Crippen LogP contribution in [0.1, 0.15) is 13.8 Å². The number of allylic oxidation sites excluding steroid dienone is 2. The molecule has 0 saturated heterocycles. The number of rotatable bonds is 1. The molecular weight excluding hydrogens is 520 g/mol. The van der Waals surface area contributed by atoms with Gasteiger partial charge < -0.3 is 9.51 Å². The van der Waals surface area contributed by atoms with E-state index < -0.39 is 0 Å². The maximum atomic E-state index is 12.1. The fraction of sp³-hybridized carbons (Fsp3) is 0.0952. The van der Waals surface area contributed by atoms with Crippen molar-refractivity contribution < 1.29 is 30.0 Å². The van der Waals surface area contributed by atoms with Crippen LogP contribution in [0.5, 0.6) is 0 Å². The molecule has 0 aliphatic heterocycles. The minimum absolute atomic E-state index is 0. The molecular formula is C21H17IrN2O3-. The smallest absolute Gasteiger partial charge is 0.271 e. The molecule has 1 radical (unpaired) electrons. The third-order valence-electron chi connectivity index (χ3n) is 3.76. The average Bonchev–Trinajstić information content (AvgIpc) is 2.61. The molecule has 4 aromatic rings. The van der Waals surface area contributed by atoms with Gasteiger partial charge in [-0.15, -0.1) is 35.0 Å². The molecule has 6 heteroatoms. The minimum Gasteiger partial charge on any atom is -0.512 e. The summed E-state index contributed by atoms with van der Waals surface area (Å²) in [5.74, 6) is -0.0625. The molecule has 2 aromatic heterocycles. The van der Waals surface area contributed by atoms with Gasteiger partial charge in [-0.3, -0.25) is 9.59 Å². The third kappa shape index (κ3) is 4.48. The number of aromatic nitrogens is 2. The molecule has 139 valence electrons. The summed E-state index contributed by atoms with van der Waals surface area (Å²) in [6.07, 6.45) is 3.11. The van der Waals surface area contributed by atoms with Gasteiger partial charge in [0.1, 0.15) is 0 Å². The SMILES string of the molecule is CC(=O)C=C(C)O.O=c1nc2c3[c-]cccc3ccn2c2ccccc12.[Ir]. The number of carbonyl (C=O) groups is 1. The van der Waals surface area contributed by atoms with Gasteiger partial charge in [-0.25, -0.2) is 4.98 Å². The number of carbonyl (C=O) groups excluding carboxylic acids is 1. The summed E-state index contributed by atoms with van der Waals surface area (Å²) in [7, 11) is 0. The van der Waals surface area contributed by atoms with E-state index in [9.17, 15) is 9.59 Å². The molecule has 5 nitrogen and oxygen atoms in total. The molecule has 0 bridgehead atoms. The first-order valence-corrected chi connectivity index (χ1v) is 8.06. The molecule has 0 unspecified atom stereocenters. The van der Waals surface area contributed by atoms with Crippen molar-refractivity contribution >= 4 is 33.1 Å². The molecule has 0 saturated carbocycles. The summed E-state index contributed by atoms with van der Waals surface area (Å²) < 4.78 is 1.94. The van der Waals surface area contributed by atoms with E-state index in [0.29, 0.717) is 11.0 Å². The van der Waals surface area contributed by atoms with Crippen LogP contribution in [0, 0.1) is 6.07 Å². The minimum atomic E-state index is -0.194. The van der Waals surface area contributed by atoms with Crippen molar-refractivity contribution in [2.75, 3.05) is 0 Å². The van der Waals surface area contributed by atoms with E-state index in [-0.39, 0.29) is 37.2 Å². The quantitative estimate of drug-likeness (QED) is 0.173. The first-order valence-electron chi connectivity index (χ1n) is 8.06. The molecule has 0 spiro atoms. The van der Waals surface area contributed by atoms with Crippen LogP contribution in [-0.2, 0) is 24.9 Å². The Morgan fingerprint density at radius 3 is 2.56 bits per heavy atom. The summed E-state index contributed by atoms with van der Waals surface area (Å²) >= 11 is 0. The Hall–Kier alpha value is -2.82. The van der Waals surface area contributed by atoms with Crippen molar-refractivity contribution in [3.8, 4) is 0 Å². The van der Waals surface area contributed by atoms with Crippen molar-refractivity contribution in [1.29, 1.82) is 0 Å². The Bertz CT molecular complexity index is 1210. The van der Waals surface area contributed by atoms with Gasteiger partial charge >= 0.3 is 0 Å². The van der Waals surface area contributed by atoms with E-state index in [4.69, 9.17) is 5.11 Å². The molecule has 0 atom stereocenters. The number of nitrogens with zero attached hydrogens (tertiary/aromatic N) is 2. The van der Waals surface area contributed by atoms with Crippen LogP contribution in [-0.4, -0.2) is 20.3 Å². The zero-order chi connectivity index (χ0) is 18.7. The number of benzene rings is 2. The number of ketones is 1. The van der Waals surface area contributed by atoms with Gasteiger partial charge in [-0.05, 0) is 32.2 Å². The Labute approximate surface area is 169 Å². The monoisotopic (exact) mass is 538 g/mol. The summed E-state index contributed by atoms with van der Waals surface area (Å²) in [5, 5.41) is 10.9. The zero-order valence-electron chi connectivity index (χ0n) is 14.8. The standard InChI is InChI=1S/C16H9N2O.C5H8O2.Ir/c19-16-13-7-3-4-8-14(13)18-10-9-11-5-1-2-6-12(11)15(18)17-16;1-4(6)3-5(2)7;/h1-5,7-10H;3,6H,1-2H3;/q-1;;. The number of aliphatic hydroxyl groups is 1. The second-order valence-electron chi connectivity index (χ2n) is 5.84. The van der Waals surface area contributed by atoms with Gasteiger partial charge in [0.2, 0.25) is 0 Å². The number of fused-ring (bicyclic) bond motifs is 5. The fourth-order valence-electron chi connectivity index (χ4n) is 2.75. The number of aliphatic hydroxyl groups excluding tert-OH is 1. The zero-order valence-corrected chi connectivity index (χ0v) is 17.2. The molecule has 0 aliphatic carbocycles. The Kier molecular flexibility index (Phi) is 6.61. The van der Waals surface area contributed by atoms with Crippen molar-refractivity contribution in [1.82, 2.24) is 9.38 Å². The number of pyridine rings is 1. The molecule has 0 amide bonds. The molecule has 0 aliphatic rings. The molecule has 2 aromatic carbocycles. The maximum absolute atomic E-state index is 12.1. The van der Waals surface area contributed by atoms with Gasteiger partial charge in [0, 0.05) is 26.2 Å². The van der Waals surface area contributed by atoms with Gasteiger partial charge in [0.15, 0.2) is 5.78 Å². The van der Waals surface area contributed by atoms with Crippen LogP contribution in [0.3, 0.4) is 0 Å². The Morgan fingerprint density at radius 2 is 1.89 bits per heavy atom. The Balaban J connectivity index is 0.000000285. The summed E-state index contributed by atoms with van der Waals surface area (Å²) in [6.45, 7) is 2.85. The topological polar surface area (TPSA) is 71.7 Å². The second-order valence-corrected chi connectivity index (χ2v) is 5.84. The summed E-state index contributed by atoms with van der Waals surface area (Å²) in [5.41, 5.74) is 1.33. The van der Waals surface area contributed by atoms with Gasteiger partial charge in [-0.2, -0.15) is 0 Å². The van der Waals surface area contributed by atoms with Crippen molar-refractivity contribution in [2.45, 2.75) is 13.8 Å². The first kappa shape index (κ1) is 20.5. The molecule has 0 fully saturated rings. The van der Waals surface area contributed by atoms with Crippen LogP contribution < -0.4 is 5.56 Å². The summed E-state index contributed by atoms with van der Waals surface area (Å²) in [4.78, 5) is 26.3. The van der Waals surface area contributed by atoms with Crippen LogP contribution >= 0.6 is 0 Å². The van der Waals surface area contributed by atoms with E-state index >= 15 is 0 Å². The van der Waals surface area contributed by atoms with Gasteiger partial charge in [0.05, 0.1) is 22.3 Å². The van der Waals surface area contributed by atoms with E-state index in [1.54, 1.807) is 6.07 Å². The van der Waals surface area contributed by atoms with Crippen LogP contribution in [0.25, 0.3) is 27.3 Å². The molecule has 27 heavy (non-hydrogen) atoms. The largest absolute Gasteiger partial charge is 0.512 e. The van der Waals surface area contributed by atoms with Crippen LogP contribution in [0.2, 0.25) is 0 Å². The predicted octanol–water partition coefficient (Wildman–Crippen LogP) is 3.84. The van der Waals surface area contributed by atoms with Crippen molar-refractivity contribution in [2.24, 2.45) is 0 Å². The molecule has 2 heterocycles. The first-order chi connectivity index (χ1) is 12.5. The Morgan fingerprint density at radius 1 is 1.15 bits per heavy atom. The average molecular weight is 538 g/mol. The van der Waals surface area contributed by atoms with E-state index in [1.165, 1.54) is 19.9 Å². The van der Waals surface area contributed by atoms with E-state index in [2.05, 4.69) is 11.1 Å². The van der Waals surface area contributed by atoms with E-state index in [0.717, 1.165) is 16.3 Å². The number of hydrogen-bond donors (Lipinski definition) is 1. The number of hydrogen-bond acceptors (Lipinski definition) is 4. The fourth-order valence-corrected chi connectivity index (χ4v) is 2.75. The van der Waals surface area contributed by atoms with Crippen LogP contribution in [0.4, 0.5) is 0 Å². The van der Waals surface area contributed by atoms with Crippen LogP contribution in [0.15, 0.2) is 71.4 Å². The van der Waals surface area contributed by atoms with E-state index in [1.807, 2.05) is 53.1 Å². The normalized spacial score (nSPS) is 11.0. The third-order valence-corrected chi connectivity index (χ3v) is 3.76. The summed E-state index contributed by atoms with van der Waals surface area (Å²) in [6, 6.07) is 18.4. The second kappa shape index (κ2) is 8.71. The molecule has 4 rings (SSSR count). The molecule has 1 N–H and O–H groups in total. The van der Waals surface area contributed by atoms with Crippen molar-refractivity contribution in [3.05, 3.63) is 83.0 Å². The predicted molar refractivity (Wildman–Crippen MR) is 102 cm³/mol. The van der Waals surface area contributed by atoms with Crippen molar-refractivity contribution in [3.63, 3.8) is 0 Å².